The lowest BCUT2D eigenvalue weighted by atomic mass is 10.0. The van der Waals surface area contributed by atoms with Gasteiger partial charge in [0.15, 0.2) is 0 Å². The van der Waals surface area contributed by atoms with Crippen LogP contribution in [0, 0.1) is 0 Å². The molecule has 0 spiro atoms. The average molecular weight is 489 g/mol. The number of nitrogens with one attached hydrogen (secondary N) is 3. The molecule has 192 valence electrons. The number of anilines is 2. The van der Waals surface area contributed by atoms with Crippen LogP contribution in [0.4, 0.5) is 17.1 Å². The molecule has 0 saturated carbocycles. The fourth-order valence-electron chi connectivity index (χ4n) is 4.01. The summed E-state index contributed by atoms with van der Waals surface area (Å²) in [6.07, 6.45) is 12.2. The minimum atomic E-state index is -0.0982. The second-order valence-corrected chi connectivity index (χ2v) is 9.04. The fraction of sp³-hybridized carbons (Fsp3) is 0.400. The molecule has 0 atom stereocenters. The second kappa shape index (κ2) is 15.6. The molecule has 0 unspecified atom stereocenters. The summed E-state index contributed by atoms with van der Waals surface area (Å²) in [6, 6.07) is 17.8. The molecule has 0 heterocycles. The van der Waals surface area contributed by atoms with Crippen LogP contribution in [0.1, 0.15) is 58.3 Å². The molecule has 0 saturated heterocycles. The van der Waals surface area contributed by atoms with Gasteiger partial charge >= 0.3 is 0 Å². The Bertz CT molecular complexity index is 1030. The SMILES string of the molecule is CCCCCCNC1=C(Nc2ccc(NCCCCCCO)cc2)C=CC(=O)C1=Nc1ccccc1. The summed E-state index contributed by atoms with van der Waals surface area (Å²) in [5.41, 5.74) is 4.79. The number of unbranched alkanes of at least 4 members (excludes halogenated alkanes) is 6. The highest BCUT2D eigenvalue weighted by atomic mass is 16.2. The highest BCUT2D eigenvalue weighted by Crippen LogP contribution is 2.22. The molecule has 2 aromatic rings. The Morgan fingerprint density at radius 2 is 1.42 bits per heavy atom. The van der Waals surface area contributed by atoms with Crippen molar-refractivity contribution in [2.75, 3.05) is 30.3 Å². The maximum atomic E-state index is 12.8. The first kappa shape index (κ1) is 27.2. The number of aliphatic imine (C=N–C) groups is 1. The van der Waals surface area contributed by atoms with E-state index in [4.69, 9.17) is 10.1 Å². The van der Waals surface area contributed by atoms with Crippen molar-refractivity contribution >= 4 is 28.6 Å². The van der Waals surface area contributed by atoms with Gasteiger partial charge < -0.3 is 21.1 Å². The van der Waals surface area contributed by atoms with Crippen LogP contribution in [-0.4, -0.2) is 36.3 Å². The van der Waals surface area contributed by atoms with E-state index in [0.717, 1.165) is 80.1 Å². The van der Waals surface area contributed by atoms with Gasteiger partial charge in [0.1, 0.15) is 5.71 Å². The van der Waals surface area contributed by atoms with Crippen LogP contribution in [-0.2, 0) is 4.79 Å². The van der Waals surface area contributed by atoms with Gasteiger partial charge in [0.2, 0.25) is 5.78 Å². The smallest absolute Gasteiger partial charge is 0.206 e. The molecule has 0 radical (unpaired) electrons. The lowest BCUT2D eigenvalue weighted by Gasteiger charge is -2.21. The topological polar surface area (TPSA) is 85.7 Å². The number of carbonyl (C=O) groups is 1. The van der Waals surface area contributed by atoms with Gasteiger partial charge in [0.25, 0.3) is 0 Å². The summed E-state index contributed by atoms with van der Waals surface area (Å²) in [7, 11) is 0. The highest BCUT2D eigenvalue weighted by molar-refractivity contribution is 6.51. The Morgan fingerprint density at radius 1 is 0.750 bits per heavy atom. The molecule has 1 aliphatic carbocycles. The van der Waals surface area contributed by atoms with E-state index < -0.39 is 0 Å². The Hall–Kier alpha value is -3.38. The minimum absolute atomic E-state index is 0.0982. The molecule has 0 bridgehead atoms. The van der Waals surface area contributed by atoms with E-state index in [1.807, 2.05) is 48.5 Å². The predicted octanol–water partition coefficient (Wildman–Crippen LogP) is 6.36. The second-order valence-electron chi connectivity index (χ2n) is 9.04. The minimum Gasteiger partial charge on any atom is -0.396 e. The molecule has 3 rings (SSSR count). The number of benzene rings is 2. The first-order valence-corrected chi connectivity index (χ1v) is 13.3. The van der Waals surface area contributed by atoms with Gasteiger partial charge in [-0.15, -0.1) is 0 Å². The number of para-hydroxylation sites is 1. The normalized spacial score (nSPS) is 14.4. The van der Waals surface area contributed by atoms with E-state index >= 15 is 0 Å². The van der Waals surface area contributed by atoms with Crippen molar-refractivity contribution in [1.82, 2.24) is 5.32 Å². The van der Waals surface area contributed by atoms with E-state index in [1.54, 1.807) is 6.08 Å². The molecule has 0 amide bonds. The zero-order valence-corrected chi connectivity index (χ0v) is 21.4. The number of allylic oxidation sites excluding steroid dienone is 3. The van der Waals surface area contributed by atoms with Crippen LogP contribution in [0.2, 0.25) is 0 Å². The molecule has 0 aliphatic heterocycles. The predicted molar refractivity (Wildman–Crippen MR) is 151 cm³/mol. The Balaban J connectivity index is 1.71. The molecular weight excluding hydrogens is 448 g/mol. The van der Waals surface area contributed by atoms with Gasteiger partial charge in [-0.1, -0.05) is 57.2 Å². The van der Waals surface area contributed by atoms with Crippen molar-refractivity contribution in [2.45, 2.75) is 58.3 Å². The van der Waals surface area contributed by atoms with E-state index in [2.05, 4.69) is 35.0 Å². The number of hydrogen-bond donors (Lipinski definition) is 4. The van der Waals surface area contributed by atoms with Crippen molar-refractivity contribution in [1.29, 1.82) is 0 Å². The van der Waals surface area contributed by atoms with Crippen molar-refractivity contribution in [3.05, 3.63) is 78.1 Å². The van der Waals surface area contributed by atoms with Gasteiger partial charge in [0.05, 0.1) is 17.1 Å². The zero-order chi connectivity index (χ0) is 25.4. The first-order chi connectivity index (χ1) is 17.7. The summed E-state index contributed by atoms with van der Waals surface area (Å²) in [5, 5.41) is 19.3. The van der Waals surface area contributed by atoms with Gasteiger partial charge in [-0.3, -0.25) is 4.79 Å². The molecule has 0 fully saturated rings. The molecular formula is C30H40N4O2. The van der Waals surface area contributed by atoms with Crippen LogP contribution in [0.5, 0.6) is 0 Å². The van der Waals surface area contributed by atoms with Crippen molar-refractivity contribution < 1.29 is 9.90 Å². The van der Waals surface area contributed by atoms with Gasteiger partial charge in [-0.2, -0.15) is 0 Å². The van der Waals surface area contributed by atoms with Crippen LogP contribution >= 0.6 is 0 Å². The van der Waals surface area contributed by atoms with Crippen LogP contribution in [0.25, 0.3) is 0 Å². The third-order valence-corrected chi connectivity index (χ3v) is 6.05. The van der Waals surface area contributed by atoms with E-state index in [0.29, 0.717) is 5.71 Å². The summed E-state index contributed by atoms with van der Waals surface area (Å²) in [6.45, 7) is 4.18. The number of nitrogens with zero attached hydrogens (tertiary/aromatic N) is 1. The molecule has 36 heavy (non-hydrogen) atoms. The number of hydrogen-bond acceptors (Lipinski definition) is 6. The molecule has 6 nitrogen and oxygen atoms in total. The first-order valence-electron chi connectivity index (χ1n) is 13.3. The van der Waals surface area contributed by atoms with Gasteiger partial charge in [0, 0.05) is 31.1 Å². The standard InChI is InChI=1S/C30H40N4O2/c1-2-3-4-10-22-32-29-27(19-20-28(36)30(29)34-25-13-8-7-9-14-25)33-26-17-15-24(16-18-26)31-21-11-5-6-12-23-35/h7-9,13-20,31-33,35H,2-6,10-12,21-23H2,1H3. The molecule has 1 aliphatic rings. The Morgan fingerprint density at radius 3 is 2.14 bits per heavy atom. The molecule has 2 aromatic carbocycles. The van der Waals surface area contributed by atoms with Crippen molar-refractivity contribution in [3.8, 4) is 0 Å². The largest absolute Gasteiger partial charge is 0.396 e. The maximum Gasteiger partial charge on any atom is 0.206 e. The van der Waals surface area contributed by atoms with Crippen LogP contribution in [0.15, 0.2) is 83.1 Å². The number of aliphatic hydroxyl groups excluding tert-OH is 1. The summed E-state index contributed by atoms with van der Waals surface area (Å²) in [4.78, 5) is 17.5. The lowest BCUT2D eigenvalue weighted by Crippen LogP contribution is -2.31. The number of ketones is 1. The van der Waals surface area contributed by atoms with Gasteiger partial charge in [-0.25, -0.2) is 4.99 Å². The third kappa shape index (κ3) is 9.00. The van der Waals surface area contributed by atoms with E-state index in [-0.39, 0.29) is 12.4 Å². The van der Waals surface area contributed by atoms with Crippen molar-refractivity contribution in [3.63, 3.8) is 0 Å². The van der Waals surface area contributed by atoms with Crippen molar-refractivity contribution in [2.24, 2.45) is 4.99 Å². The van der Waals surface area contributed by atoms with Crippen LogP contribution < -0.4 is 16.0 Å². The summed E-state index contributed by atoms with van der Waals surface area (Å²) < 4.78 is 0. The highest BCUT2D eigenvalue weighted by Gasteiger charge is 2.22. The Labute approximate surface area is 215 Å². The number of rotatable bonds is 16. The van der Waals surface area contributed by atoms with E-state index in [9.17, 15) is 4.79 Å². The zero-order valence-electron chi connectivity index (χ0n) is 21.4. The molecule has 0 aromatic heterocycles. The Kier molecular flexibility index (Phi) is 11.8. The molecule has 4 N–H and O–H groups in total. The monoisotopic (exact) mass is 488 g/mol. The third-order valence-electron chi connectivity index (χ3n) is 6.05. The summed E-state index contributed by atoms with van der Waals surface area (Å²) >= 11 is 0. The summed E-state index contributed by atoms with van der Waals surface area (Å²) in [5.74, 6) is -0.0982. The maximum absolute atomic E-state index is 12.8. The van der Waals surface area contributed by atoms with Gasteiger partial charge in [-0.05, 0) is 67.8 Å². The van der Waals surface area contributed by atoms with E-state index in [1.165, 1.54) is 12.8 Å². The number of carbonyl (C=O) groups excluding carboxylic acids is 1. The average Bonchev–Trinajstić information content (AvgIpc) is 2.90. The molecule has 6 heteroatoms. The lowest BCUT2D eigenvalue weighted by molar-refractivity contribution is -0.108. The number of aliphatic hydroxyl groups is 1. The fourth-order valence-corrected chi connectivity index (χ4v) is 4.01. The quantitative estimate of drug-likeness (QED) is 0.163. The van der Waals surface area contributed by atoms with Crippen LogP contribution in [0.3, 0.4) is 0 Å².